The van der Waals surface area contributed by atoms with Crippen LogP contribution in [0.15, 0.2) is 9.95 Å². The molecular weight excluding hydrogens is 330 g/mol. The van der Waals surface area contributed by atoms with Crippen LogP contribution in [0.25, 0.3) is 0 Å². The molecule has 1 saturated carbocycles. The zero-order chi connectivity index (χ0) is 13.3. The number of alkyl halides is 1. The standard InChI is InChI=1S/C12H18BrN3O2S/c13-7-12(3-5-18-6-4-12)8-19-11-15-14-10(17)16(11)9-1-2-9/h9H,1-8H2,(H,14,17). The Morgan fingerprint density at radius 1 is 1.47 bits per heavy atom. The van der Waals surface area contributed by atoms with E-state index in [-0.39, 0.29) is 11.1 Å². The number of aromatic amines is 1. The highest BCUT2D eigenvalue weighted by Crippen LogP contribution is 2.40. The molecule has 5 nitrogen and oxygen atoms in total. The molecule has 1 aromatic rings. The van der Waals surface area contributed by atoms with Gasteiger partial charge in [-0.1, -0.05) is 27.7 Å². The Hall–Kier alpha value is -0.270. The highest BCUT2D eigenvalue weighted by Gasteiger charge is 2.34. The summed E-state index contributed by atoms with van der Waals surface area (Å²) in [6, 6.07) is 0.378. The van der Waals surface area contributed by atoms with Crippen LogP contribution >= 0.6 is 27.7 Å². The third kappa shape index (κ3) is 2.92. The molecule has 0 atom stereocenters. The first-order valence-corrected chi connectivity index (χ1v) is 8.78. The normalized spacial score (nSPS) is 22.6. The first kappa shape index (κ1) is 13.7. The van der Waals surface area contributed by atoms with Crippen molar-refractivity contribution < 1.29 is 4.74 Å². The maximum atomic E-state index is 11.7. The van der Waals surface area contributed by atoms with Gasteiger partial charge in [0.15, 0.2) is 5.16 Å². The fraction of sp³-hybridized carbons (Fsp3) is 0.833. The number of hydrogen-bond acceptors (Lipinski definition) is 4. The Bertz CT molecular complexity index is 491. The van der Waals surface area contributed by atoms with Crippen molar-refractivity contribution in [1.29, 1.82) is 0 Å². The summed E-state index contributed by atoms with van der Waals surface area (Å²) in [5.74, 6) is 0.985. The number of nitrogens with zero attached hydrogens (tertiary/aromatic N) is 2. The minimum atomic E-state index is -0.0649. The molecule has 106 valence electrons. The Morgan fingerprint density at radius 3 is 2.84 bits per heavy atom. The Morgan fingerprint density at radius 2 is 2.21 bits per heavy atom. The molecule has 1 N–H and O–H groups in total. The van der Waals surface area contributed by atoms with Gasteiger partial charge in [0.1, 0.15) is 0 Å². The second kappa shape index (κ2) is 5.61. The zero-order valence-electron chi connectivity index (χ0n) is 10.7. The van der Waals surface area contributed by atoms with E-state index in [0.29, 0.717) is 6.04 Å². The molecule has 0 amide bonds. The van der Waals surface area contributed by atoms with E-state index in [9.17, 15) is 4.79 Å². The van der Waals surface area contributed by atoms with Crippen molar-refractivity contribution in [2.75, 3.05) is 24.3 Å². The molecule has 1 saturated heterocycles. The molecule has 2 fully saturated rings. The van der Waals surface area contributed by atoms with E-state index in [2.05, 4.69) is 26.1 Å². The number of nitrogens with one attached hydrogen (secondary N) is 1. The molecule has 1 aliphatic carbocycles. The van der Waals surface area contributed by atoms with Gasteiger partial charge in [-0.2, -0.15) is 0 Å². The Kier molecular flexibility index (Phi) is 4.05. The van der Waals surface area contributed by atoms with Crippen LogP contribution in [-0.4, -0.2) is 39.1 Å². The van der Waals surface area contributed by atoms with Gasteiger partial charge in [0.2, 0.25) is 0 Å². The second-order valence-corrected chi connectivity index (χ2v) is 6.95. The van der Waals surface area contributed by atoms with Crippen LogP contribution in [-0.2, 0) is 4.74 Å². The molecule has 0 radical (unpaired) electrons. The SMILES string of the molecule is O=c1[nH]nc(SCC2(CBr)CCOCC2)n1C1CC1. The van der Waals surface area contributed by atoms with Gasteiger partial charge in [0.25, 0.3) is 0 Å². The van der Waals surface area contributed by atoms with E-state index in [1.54, 1.807) is 11.8 Å². The van der Waals surface area contributed by atoms with Crippen LogP contribution in [0.2, 0.25) is 0 Å². The van der Waals surface area contributed by atoms with Gasteiger partial charge in [-0.25, -0.2) is 9.89 Å². The van der Waals surface area contributed by atoms with E-state index in [4.69, 9.17) is 4.74 Å². The summed E-state index contributed by atoms with van der Waals surface area (Å²) in [7, 11) is 0. The van der Waals surface area contributed by atoms with Gasteiger partial charge >= 0.3 is 5.69 Å². The third-order valence-electron chi connectivity index (χ3n) is 3.93. The average molecular weight is 348 g/mol. The molecule has 0 unspecified atom stereocenters. The van der Waals surface area contributed by atoms with Crippen molar-refractivity contribution in [1.82, 2.24) is 14.8 Å². The zero-order valence-corrected chi connectivity index (χ0v) is 13.1. The molecule has 2 heterocycles. The number of hydrogen-bond donors (Lipinski definition) is 1. The van der Waals surface area contributed by atoms with Crippen molar-refractivity contribution in [2.45, 2.75) is 36.9 Å². The molecule has 19 heavy (non-hydrogen) atoms. The lowest BCUT2D eigenvalue weighted by atomic mass is 9.85. The minimum absolute atomic E-state index is 0.0649. The number of rotatable bonds is 5. The van der Waals surface area contributed by atoms with Crippen LogP contribution in [0.4, 0.5) is 0 Å². The summed E-state index contributed by atoms with van der Waals surface area (Å²) >= 11 is 5.34. The van der Waals surface area contributed by atoms with Gasteiger partial charge in [0.05, 0.1) is 0 Å². The topological polar surface area (TPSA) is 59.9 Å². The maximum Gasteiger partial charge on any atom is 0.344 e. The quantitative estimate of drug-likeness (QED) is 0.655. The smallest absolute Gasteiger partial charge is 0.344 e. The van der Waals surface area contributed by atoms with Crippen LogP contribution in [0.5, 0.6) is 0 Å². The molecular formula is C12H18BrN3O2S. The summed E-state index contributed by atoms with van der Waals surface area (Å²) < 4.78 is 7.27. The maximum absolute atomic E-state index is 11.7. The lowest BCUT2D eigenvalue weighted by Gasteiger charge is -2.35. The highest BCUT2D eigenvalue weighted by molar-refractivity contribution is 9.09. The summed E-state index contributed by atoms with van der Waals surface area (Å²) in [6.07, 6.45) is 4.35. The first-order valence-electron chi connectivity index (χ1n) is 6.67. The van der Waals surface area contributed by atoms with Crippen molar-refractivity contribution in [2.24, 2.45) is 5.41 Å². The minimum Gasteiger partial charge on any atom is -0.381 e. The van der Waals surface area contributed by atoms with Gasteiger partial charge in [-0.3, -0.25) is 4.57 Å². The molecule has 1 aliphatic heterocycles. The second-order valence-electron chi connectivity index (χ2n) is 5.45. The lowest BCUT2D eigenvalue weighted by Crippen LogP contribution is -2.33. The first-order chi connectivity index (χ1) is 9.24. The van der Waals surface area contributed by atoms with Crippen molar-refractivity contribution in [3.63, 3.8) is 0 Å². The van der Waals surface area contributed by atoms with E-state index < -0.39 is 0 Å². The molecule has 2 aliphatic rings. The number of H-pyrrole nitrogens is 1. The fourth-order valence-corrected chi connectivity index (χ4v) is 4.71. The summed E-state index contributed by atoms with van der Waals surface area (Å²) in [5, 5.41) is 8.57. The number of ether oxygens (including phenoxy) is 1. The summed E-state index contributed by atoms with van der Waals surface area (Å²) in [4.78, 5) is 11.7. The van der Waals surface area contributed by atoms with Crippen LogP contribution in [0.3, 0.4) is 0 Å². The number of thioether (sulfide) groups is 1. The van der Waals surface area contributed by atoms with Crippen molar-refractivity contribution in [3.05, 3.63) is 10.5 Å². The van der Waals surface area contributed by atoms with E-state index in [1.807, 2.05) is 4.57 Å². The summed E-state index contributed by atoms with van der Waals surface area (Å²) in [6.45, 7) is 1.67. The van der Waals surface area contributed by atoms with Crippen LogP contribution in [0, 0.1) is 5.41 Å². The van der Waals surface area contributed by atoms with Gasteiger partial charge in [0, 0.05) is 30.3 Å². The average Bonchev–Trinajstić information content (AvgIpc) is 3.21. The van der Waals surface area contributed by atoms with E-state index in [0.717, 1.165) is 55.1 Å². The van der Waals surface area contributed by atoms with Gasteiger partial charge < -0.3 is 4.74 Å². The molecule has 3 rings (SSSR count). The third-order valence-corrected chi connectivity index (χ3v) is 6.42. The summed E-state index contributed by atoms with van der Waals surface area (Å²) in [5.41, 5.74) is 0.205. The van der Waals surface area contributed by atoms with E-state index in [1.165, 1.54) is 0 Å². The molecule has 1 aromatic heterocycles. The number of halogens is 1. The van der Waals surface area contributed by atoms with Crippen molar-refractivity contribution >= 4 is 27.7 Å². The molecule has 0 spiro atoms. The van der Waals surface area contributed by atoms with Crippen LogP contribution in [0.1, 0.15) is 31.7 Å². The highest BCUT2D eigenvalue weighted by atomic mass is 79.9. The van der Waals surface area contributed by atoms with Crippen molar-refractivity contribution in [3.8, 4) is 0 Å². The molecule has 0 bridgehead atoms. The van der Waals surface area contributed by atoms with Crippen LogP contribution < -0.4 is 5.69 Å². The largest absolute Gasteiger partial charge is 0.381 e. The predicted octanol–water partition coefficient (Wildman–Crippen LogP) is 2.19. The van der Waals surface area contributed by atoms with Gasteiger partial charge in [-0.15, -0.1) is 5.10 Å². The Labute approximate surface area is 124 Å². The molecule has 7 heteroatoms. The van der Waals surface area contributed by atoms with E-state index >= 15 is 0 Å². The lowest BCUT2D eigenvalue weighted by molar-refractivity contribution is 0.0374. The predicted molar refractivity (Wildman–Crippen MR) is 78.1 cm³/mol. The van der Waals surface area contributed by atoms with Gasteiger partial charge in [-0.05, 0) is 31.1 Å². The monoisotopic (exact) mass is 347 g/mol. The molecule has 0 aromatic carbocycles. The fourth-order valence-electron chi connectivity index (χ4n) is 2.39. The number of aromatic nitrogens is 3. The Balaban J connectivity index is 1.69.